The van der Waals surface area contributed by atoms with Gasteiger partial charge in [0.1, 0.15) is 0 Å². The van der Waals surface area contributed by atoms with Crippen molar-refractivity contribution in [2.75, 3.05) is 6.54 Å². The minimum atomic E-state index is -0.321. The lowest BCUT2D eigenvalue weighted by atomic mass is 9.85. The first-order valence-electron chi connectivity index (χ1n) is 4.83. The van der Waals surface area contributed by atoms with E-state index in [0.717, 1.165) is 12.8 Å². The Morgan fingerprint density at radius 2 is 2.33 bits per heavy atom. The fourth-order valence-electron chi connectivity index (χ4n) is 2.44. The maximum atomic E-state index is 9.37. The third kappa shape index (κ3) is 1.49. The summed E-state index contributed by atoms with van der Waals surface area (Å²) in [6, 6.07) is 0. The van der Waals surface area contributed by atoms with Gasteiger partial charge in [-0.3, -0.25) is 0 Å². The van der Waals surface area contributed by atoms with Crippen molar-refractivity contribution in [1.82, 2.24) is 0 Å². The van der Waals surface area contributed by atoms with Crippen molar-refractivity contribution in [1.29, 1.82) is 0 Å². The molecule has 0 spiro atoms. The Morgan fingerprint density at radius 3 is 2.83 bits per heavy atom. The van der Waals surface area contributed by atoms with Crippen LogP contribution in [-0.4, -0.2) is 30.0 Å². The van der Waals surface area contributed by atoms with Crippen molar-refractivity contribution in [3.8, 4) is 0 Å². The molecular formula is C9H17NO2. The Labute approximate surface area is 72.9 Å². The first kappa shape index (κ1) is 8.48. The maximum absolute atomic E-state index is 9.37. The quantitative estimate of drug-likeness (QED) is 0.640. The number of ether oxygens (including phenoxy) is 1. The van der Waals surface area contributed by atoms with Gasteiger partial charge in [-0.2, -0.15) is 0 Å². The molecule has 0 aliphatic carbocycles. The number of rotatable bonds is 3. The lowest BCUT2D eigenvalue weighted by molar-refractivity contribution is 0.0767. The number of nitrogens with two attached hydrogens (primary N) is 1. The second-order valence-electron chi connectivity index (χ2n) is 3.99. The van der Waals surface area contributed by atoms with Gasteiger partial charge in [0.2, 0.25) is 0 Å². The number of fused-ring (bicyclic) bond motifs is 2. The van der Waals surface area contributed by atoms with Gasteiger partial charge in [-0.25, -0.2) is 0 Å². The van der Waals surface area contributed by atoms with E-state index in [-0.39, 0.29) is 6.10 Å². The van der Waals surface area contributed by atoms with E-state index in [0.29, 0.717) is 24.7 Å². The van der Waals surface area contributed by atoms with E-state index < -0.39 is 0 Å². The van der Waals surface area contributed by atoms with Crippen LogP contribution in [-0.2, 0) is 4.74 Å². The standard InChI is InChI=1S/C9H17NO2/c10-5-7(11)3-6-4-8-1-2-9(6)12-8/h6-9,11H,1-5,10H2. The largest absolute Gasteiger partial charge is 0.392 e. The Kier molecular flexibility index (Phi) is 2.35. The molecule has 2 heterocycles. The van der Waals surface area contributed by atoms with Gasteiger partial charge < -0.3 is 15.6 Å². The van der Waals surface area contributed by atoms with Crippen LogP contribution in [0.3, 0.4) is 0 Å². The van der Waals surface area contributed by atoms with Crippen LogP contribution in [0, 0.1) is 5.92 Å². The monoisotopic (exact) mass is 171 g/mol. The van der Waals surface area contributed by atoms with Crippen LogP contribution in [0.2, 0.25) is 0 Å². The topological polar surface area (TPSA) is 55.5 Å². The molecule has 12 heavy (non-hydrogen) atoms. The van der Waals surface area contributed by atoms with Crippen LogP contribution in [0.1, 0.15) is 25.7 Å². The van der Waals surface area contributed by atoms with Crippen LogP contribution in [0.25, 0.3) is 0 Å². The van der Waals surface area contributed by atoms with E-state index >= 15 is 0 Å². The zero-order valence-electron chi connectivity index (χ0n) is 7.28. The minimum absolute atomic E-state index is 0.321. The van der Waals surface area contributed by atoms with Crippen molar-refractivity contribution in [2.24, 2.45) is 11.7 Å². The van der Waals surface area contributed by atoms with Crippen molar-refractivity contribution in [3.05, 3.63) is 0 Å². The first-order chi connectivity index (χ1) is 5.79. The van der Waals surface area contributed by atoms with Gasteiger partial charge in [-0.15, -0.1) is 0 Å². The summed E-state index contributed by atoms with van der Waals surface area (Å²) in [5.74, 6) is 0.572. The Balaban J connectivity index is 1.82. The molecule has 3 heteroatoms. The van der Waals surface area contributed by atoms with Crippen molar-refractivity contribution in [3.63, 3.8) is 0 Å². The molecule has 0 aromatic rings. The molecule has 0 radical (unpaired) electrons. The molecule has 3 N–H and O–H groups in total. The molecule has 4 unspecified atom stereocenters. The number of hydrogen-bond donors (Lipinski definition) is 2. The molecule has 2 aliphatic heterocycles. The highest BCUT2D eigenvalue weighted by Gasteiger charge is 2.40. The number of hydrogen-bond acceptors (Lipinski definition) is 3. The maximum Gasteiger partial charge on any atom is 0.0666 e. The summed E-state index contributed by atoms with van der Waals surface area (Å²) in [6.07, 6.45) is 4.98. The Hall–Kier alpha value is -0.120. The van der Waals surface area contributed by atoms with E-state index in [4.69, 9.17) is 10.5 Å². The average Bonchev–Trinajstić information content (AvgIpc) is 2.64. The molecule has 2 fully saturated rings. The lowest BCUT2D eigenvalue weighted by Crippen LogP contribution is -2.27. The van der Waals surface area contributed by atoms with Crippen LogP contribution >= 0.6 is 0 Å². The van der Waals surface area contributed by atoms with Crippen LogP contribution in [0.4, 0.5) is 0 Å². The van der Waals surface area contributed by atoms with Crippen molar-refractivity contribution >= 4 is 0 Å². The second kappa shape index (κ2) is 3.32. The third-order valence-corrected chi connectivity index (χ3v) is 3.08. The fourth-order valence-corrected chi connectivity index (χ4v) is 2.44. The lowest BCUT2D eigenvalue weighted by Gasteiger charge is -2.20. The first-order valence-corrected chi connectivity index (χ1v) is 4.83. The molecule has 70 valence electrons. The van der Waals surface area contributed by atoms with Crippen LogP contribution in [0.15, 0.2) is 0 Å². The summed E-state index contributed by atoms with van der Waals surface area (Å²) in [7, 11) is 0. The van der Waals surface area contributed by atoms with Gasteiger partial charge in [0.05, 0.1) is 18.3 Å². The molecule has 0 amide bonds. The zero-order chi connectivity index (χ0) is 8.55. The zero-order valence-corrected chi connectivity index (χ0v) is 7.28. The van der Waals surface area contributed by atoms with Crippen molar-refractivity contribution < 1.29 is 9.84 Å². The summed E-state index contributed by atoms with van der Waals surface area (Å²) in [5, 5.41) is 9.37. The number of aliphatic hydroxyl groups is 1. The third-order valence-electron chi connectivity index (χ3n) is 3.08. The smallest absolute Gasteiger partial charge is 0.0666 e. The average molecular weight is 171 g/mol. The highest BCUT2D eigenvalue weighted by molar-refractivity contribution is 4.90. The molecule has 0 aromatic heterocycles. The molecule has 4 atom stereocenters. The van der Waals surface area contributed by atoms with Gasteiger partial charge in [-0.05, 0) is 31.6 Å². The summed E-state index contributed by atoms with van der Waals surface area (Å²) < 4.78 is 5.68. The molecule has 3 nitrogen and oxygen atoms in total. The summed E-state index contributed by atoms with van der Waals surface area (Å²) in [4.78, 5) is 0. The molecule has 0 aromatic carbocycles. The van der Waals surface area contributed by atoms with Gasteiger partial charge in [0, 0.05) is 6.54 Å². The van der Waals surface area contributed by atoms with Crippen LogP contribution in [0.5, 0.6) is 0 Å². The van der Waals surface area contributed by atoms with Gasteiger partial charge in [0.15, 0.2) is 0 Å². The normalized spacial score (nSPS) is 42.0. The summed E-state index contributed by atoms with van der Waals surface area (Å²) >= 11 is 0. The SMILES string of the molecule is NCC(O)CC1CC2CCC1O2. The number of aliphatic hydroxyl groups excluding tert-OH is 1. The molecule has 2 saturated heterocycles. The predicted molar refractivity (Wildman–Crippen MR) is 45.7 cm³/mol. The Bertz CT molecular complexity index is 163. The van der Waals surface area contributed by atoms with Crippen molar-refractivity contribution in [2.45, 2.75) is 44.0 Å². The van der Waals surface area contributed by atoms with E-state index in [1.54, 1.807) is 0 Å². The summed E-state index contributed by atoms with van der Waals surface area (Å²) in [6.45, 7) is 0.383. The minimum Gasteiger partial charge on any atom is -0.392 e. The molecular weight excluding hydrogens is 154 g/mol. The van der Waals surface area contributed by atoms with E-state index in [1.165, 1.54) is 12.8 Å². The molecule has 2 rings (SSSR count). The highest BCUT2D eigenvalue weighted by Crippen LogP contribution is 2.40. The molecule has 2 aliphatic rings. The molecule has 0 saturated carbocycles. The van der Waals surface area contributed by atoms with E-state index in [9.17, 15) is 5.11 Å². The van der Waals surface area contributed by atoms with Crippen LogP contribution < -0.4 is 5.73 Å². The van der Waals surface area contributed by atoms with Gasteiger partial charge in [-0.1, -0.05) is 0 Å². The van der Waals surface area contributed by atoms with Gasteiger partial charge in [0.25, 0.3) is 0 Å². The van der Waals surface area contributed by atoms with E-state index in [1.807, 2.05) is 0 Å². The second-order valence-corrected chi connectivity index (χ2v) is 3.99. The van der Waals surface area contributed by atoms with E-state index in [2.05, 4.69) is 0 Å². The Morgan fingerprint density at radius 1 is 1.50 bits per heavy atom. The fraction of sp³-hybridized carbons (Fsp3) is 1.00. The predicted octanol–water partition coefficient (Wildman–Crippen LogP) is 0.264. The summed E-state index contributed by atoms with van der Waals surface area (Å²) in [5.41, 5.74) is 5.36. The highest BCUT2D eigenvalue weighted by atomic mass is 16.5. The van der Waals surface area contributed by atoms with Gasteiger partial charge >= 0.3 is 0 Å². The molecule has 2 bridgehead atoms.